The summed E-state index contributed by atoms with van der Waals surface area (Å²) in [5, 5.41) is 3.54. The first kappa shape index (κ1) is 25.9. The fourth-order valence-electron chi connectivity index (χ4n) is 4.75. The Hall–Kier alpha value is -3.69. The van der Waals surface area contributed by atoms with Crippen molar-refractivity contribution in [3.8, 4) is 11.4 Å². The number of carbonyl (C=O) groups is 1. The van der Waals surface area contributed by atoms with Gasteiger partial charge >= 0.3 is 6.03 Å². The minimum absolute atomic E-state index is 0.103. The number of amides is 2. The molecule has 1 aliphatic heterocycles. The van der Waals surface area contributed by atoms with E-state index in [1.165, 1.54) is 0 Å². The molecule has 1 N–H and O–H groups in total. The summed E-state index contributed by atoms with van der Waals surface area (Å²) in [5.41, 5.74) is 2.07. The largest absolute Gasteiger partial charge is 0.494 e. The van der Waals surface area contributed by atoms with Crippen molar-refractivity contribution in [2.45, 2.75) is 19.9 Å². The first-order chi connectivity index (χ1) is 18.4. The number of ether oxygens (including phenoxy) is 1. The number of benzene rings is 3. The van der Waals surface area contributed by atoms with Crippen LogP contribution < -0.4 is 15.6 Å². The van der Waals surface area contributed by atoms with Gasteiger partial charge in [-0.25, -0.2) is 9.78 Å². The molecule has 4 aromatic rings. The van der Waals surface area contributed by atoms with E-state index < -0.39 is 0 Å². The number of aromatic nitrogens is 2. The number of anilines is 1. The van der Waals surface area contributed by atoms with Gasteiger partial charge in [0.2, 0.25) is 0 Å². The lowest BCUT2D eigenvalue weighted by Gasteiger charge is -2.38. The second-order valence-corrected chi connectivity index (χ2v) is 10.1. The van der Waals surface area contributed by atoms with Gasteiger partial charge in [0.25, 0.3) is 5.56 Å². The fourth-order valence-corrected chi connectivity index (χ4v) is 5.01. The van der Waals surface area contributed by atoms with Gasteiger partial charge in [0.05, 0.1) is 29.2 Å². The number of halogens is 1. The van der Waals surface area contributed by atoms with Crippen molar-refractivity contribution < 1.29 is 9.53 Å². The molecular weight excluding hydrogens is 546 g/mol. The van der Waals surface area contributed by atoms with Crippen LogP contribution in [0.5, 0.6) is 5.75 Å². The smallest absolute Gasteiger partial charge is 0.321 e. The molecule has 1 aliphatic rings. The van der Waals surface area contributed by atoms with Gasteiger partial charge in [-0.15, -0.1) is 0 Å². The average molecular weight is 576 g/mol. The summed E-state index contributed by atoms with van der Waals surface area (Å²) in [6, 6.07) is 22.2. The third-order valence-corrected chi connectivity index (χ3v) is 7.35. The highest BCUT2D eigenvalue weighted by atomic mass is 79.9. The van der Waals surface area contributed by atoms with Crippen LogP contribution in [0.4, 0.5) is 10.5 Å². The molecule has 2 heterocycles. The first-order valence-electron chi connectivity index (χ1n) is 12.7. The number of para-hydroxylation sites is 1. The quantitative estimate of drug-likeness (QED) is 0.330. The number of urea groups is 1. The number of piperazine rings is 1. The highest BCUT2D eigenvalue weighted by Gasteiger charge is 2.28. The monoisotopic (exact) mass is 575 g/mol. The predicted octanol–water partition coefficient (Wildman–Crippen LogP) is 5.46. The van der Waals surface area contributed by atoms with Crippen molar-refractivity contribution >= 4 is 38.6 Å². The highest BCUT2D eigenvalue weighted by molar-refractivity contribution is 9.10. The molecule has 0 spiro atoms. The highest BCUT2D eigenvalue weighted by Crippen LogP contribution is 2.25. The average Bonchev–Trinajstić information content (AvgIpc) is 2.95. The van der Waals surface area contributed by atoms with Crippen molar-refractivity contribution in [1.82, 2.24) is 19.4 Å². The Morgan fingerprint density at radius 3 is 2.37 bits per heavy atom. The maximum atomic E-state index is 13.7. The fraction of sp³-hybridized carbons (Fsp3) is 0.276. The predicted molar refractivity (Wildman–Crippen MR) is 153 cm³/mol. The van der Waals surface area contributed by atoms with Crippen molar-refractivity contribution in [1.29, 1.82) is 0 Å². The zero-order valence-electron chi connectivity index (χ0n) is 21.4. The lowest BCUT2D eigenvalue weighted by atomic mass is 10.1. The number of hydrogen-bond donors (Lipinski definition) is 1. The summed E-state index contributed by atoms with van der Waals surface area (Å²) in [4.78, 5) is 35.6. The Bertz CT molecular complexity index is 1480. The number of nitrogens with zero attached hydrogens (tertiary/aromatic N) is 4. The number of hydrogen-bond acceptors (Lipinski definition) is 5. The Labute approximate surface area is 230 Å². The number of rotatable bonds is 6. The van der Waals surface area contributed by atoms with Gasteiger partial charge in [-0.2, -0.15) is 0 Å². The summed E-state index contributed by atoms with van der Waals surface area (Å²) in [7, 11) is 0. The van der Waals surface area contributed by atoms with Crippen LogP contribution in [0.25, 0.3) is 16.6 Å². The molecule has 3 aromatic carbocycles. The summed E-state index contributed by atoms with van der Waals surface area (Å²) in [5.74, 6) is 1.43. The molecule has 0 bridgehead atoms. The maximum Gasteiger partial charge on any atom is 0.321 e. The Morgan fingerprint density at radius 1 is 1.00 bits per heavy atom. The second-order valence-electron chi connectivity index (χ2n) is 9.19. The topological polar surface area (TPSA) is 79.7 Å². The van der Waals surface area contributed by atoms with Crippen LogP contribution in [0, 0.1) is 0 Å². The summed E-state index contributed by atoms with van der Waals surface area (Å²) in [6.45, 7) is 7.07. The normalized spacial score (nSPS) is 14.9. The Morgan fingerprint density at radius 2 is 1.68 bits per heavy atom. The van der Waals surface area contributed by atoms with Crippen molar-refractivity contribution in [3.63, 3.8) is 0 Å². The van der Waals surface area contributed by atoms with E-state index in [0.29, 0.717) is 49.5 Å². The standard InChI is InChI=1S/C29H30BrN5O3/c1-3-38-24-14-12-23(13-15-24)35-27(32-26-7-5-4-6-25(26)28(35)36)20(2)33-16-18-34(19-17-33)29(37)31-22-10-8-21(30)9-11-22/h4-15,20H,3,16-19H2,1-2H3,(H,31,37). The lowest BCUT2D eigenvalue weighted by molar-refractivity contribution is 0.115. The van der Waals surface area contributed by atoms with Gasteiger partial charge in [-0.3, -0.25) is 14.3 Å². The minimum atomic E-state index is -0.143. The van der Waals surface area contributed by atoms with Crippen LogP contribution in [0.1, 0.15) is 25.7 Å². The van der Waals surface area contributed by atoms with E-state index in [0.717, 1.165) is 21.6 Å². The van der Waals surface area contributed by atoms with E-state index in [4.69, 9.17) is 9.72 Å². The van der Waals surface area contributed by atoms with Crippen molar-refractivity contribution in [2.24, 2.45) is 0 Å². The second kappa shape index (κ2) is 11.4. The van der Waals surface area contributed by atoms with E-state index in [-0.39, 0.29) is 17.6 Å². The minimum Gasteiger partial charge on any atom is -0.494 e. The SMILES string of the molecule is CCOc1ccc(-n2c(C(C)N3CCN(C(=O)Nc4ccc(Br)cc4)CC3)nc3ccccc3c2=O)cc1. The van der Waals surface area contributed by atoms with Gasteiger partial charge < -0.3 is 15.0 Å². The maximum absolute atomic E-state index is 13.7. The molecule has 0 saturated carbocycles. The number of carbonyl (C=O) groups excluding carboxylic acids is 1. The van der Waals surface area contributed by atoms with E-state index in [9.17, 15) is 9.59 Å². The molecule has 8 nitrogen and oxygen atoms in total. The lowest BCUT2D eigenvalue weighted by Crippen LogP contribution is -2.51. The molecule has 1 unspecified atom stereocenters. The van der Waals surface area contributed by atoms with E-state index in [2.05, 4.69) is 33.1 Å². The molecule has 9 heteroatoms. The molecule has 196 valence electrons. The van der Waals surface area contributed by atoms with Gasteiger partial charge in [0.15, 0.2) is 0 Å². The third kappa shape index (κ3) is 5.44. The molecule has 5 rings (SSSR count). The van der Waals surface area contributed by atoms with Gasteiger partial charge in [-0.1, -0.05) is 28.1 Å². The van der Waals surface area contributed by atoms with Crippen LogP contribution in [0.15, 0.2) is 82.1 Å². The molecule has 1 aromatic heterocycles. The number of nitrogens with one attached hydrogen (secondary N) is 1. The van der Waals surface area contributed by atoms with Crippen LogP contribution in [-0.2, 0) is 0 Å². The molecule has 2 amide bonds. The van der Waals surface area contributed by atoms with Gasteiger partial charge in [0, 0.05) is 36.3 Å². The summed E-state index contributed by atoms with van der Waals surface area (Å²) in [6.07, 6.45) is 0. The molecule has 1 fully saturated rings. The Kier molecular flexibility index (Phi) is 7.76. The number of fused-ring (bicyclic) bond motifs is 1. The van der Waals surface area contributed by atoms with Crippen LogP contribution in [0.3, 0.4) is 0 Å². The molecular formula is C29H30BrN5O3. The van der Waals surface area contributed by atoms with Crippen molar-refractivity contribution in [2.75, 3.05) is 38.1 Å². The van der Waals surface area contributed by atoms with Crippen LogP contribution in [0.2, 0.25) is 0 Å². The first-order valence-corrected chi connectivity index (χ1v) is 13.5. The van der Waals surface area contributed by atoms with Crippen molar-refractivity contribution in [3.05, 3.63) is 93.4 Å². The summed E-state index contributed by atoms with van der Waals surface area (Å²) < 4.78 is 8.26. The van der Waals surface area contributed by atoms with Crippen LogP contribution >= 0.6 is 15.9 Å². The van der Waals surface area contributed by atoms with Gasteiger partial charge in [-0.05, 0) is 74.5 Å². The zero-order valence-corrected chi connectivity index (χ0v) is 23.0. The van der Waals surface area contributed by atoms with Gasteiger partial charge in [0.1, 0.15) is 11.6 Å². The van der Waals surface area contributed by atoms with E-state index in [1.807, 2.05) is 84.6 Å². The Balaban J connectivity index is 1.38. The molecule has 1 atom stereocenters. The van der Waals surface area contributed by atoms with E-state index >= 15 is 0 Å². The third-order valence-electron chi connectivity index (χ3n) is 6.83. The summed E-state index contributed by atoms with van der Waals surface area (Å²) >= 11 is 3.41. The molecule has 38 heavy (non-hydrogen) atoms. The molecule has 0 aliphatic carbocycles. The molecule has 0 radical (unpaired) electrons. The molecule has 1 saturated heterocycles. The van der Waals surface area contributed by atoms with Crippen LogP contribution in [-0.4, -0.2) is 58.2 Å². The zero-order chi connectivity index (χ0) is 26.6. The van der Waals surface area contributed by atoms with E-state index in [1.54, 1.807) is 4.57 Å².